The number of benzene rings is 2. The van der Waals surface area contributed by atoms with Crippen LogP contribution in [0.25, 0.3) is 0 Å². The molecule has 0 aliphatic heterocycles. The molecule has 2 rings (SSSR count). The summed E-state index contributed by atoms with van der Waals surface area (Å²) in [7, 11) is 0. The van der Waals surface area contributed by atoms with Gasteiger partial charge < -0.3 is 0 Å². The molecule has 0 aliphatic rings. The second-order valence-corrected chi connectivity index (χ2v) is 6.42. The smallest absolute Gasteiger partial charge is 0.177 e. The van der Waals surface area contributed by atoms with Crippen molar-refractivity contribution >= 4 is 37.6 Å². The highest BCUT2D eigenvalue weighted by Gasteiger charge is 2.25. The van der Waals surface area contributed by atoms with Crippen molar-refractivity contribution in [2.45, 2.75) is 16.6 Å². The highest BCUT2D eigenvalue weighted by molar-refractivity contribution is 9.12. The van der Waals surface area contributed by atoms with Crippen molar-refractivity contribution in [3.05, 3.63) is 71.3 Å². The number of hydrogen-bond acceptors (Lipinski definition) is 1. The first kappa shape index (κ1) is 14.5. The number of rotatable bonds is 4. The number of Topliss-reactive ketones (excluding diaryl/α,β-unsaturated/α-hetero) is 1. The molecule has 0 amide bonds. The quantitative estimate of drug-likeness (QED) is 0.533. The average molecular weight is 382 g/mol. The molecule has 2 atom stereocenters. The van der Waals surface area contributed by atoms with Crippen molar-refractivity contribution in [2.75, 3.05) is 0 Å². The van der Waals surface area contributed by atoms with Crippen molar-refractivity contribution in [3.63, 3.8) is 0 Å². The Labute approximate surface area is 130 Å². The van der Waals surface area contributed by atoms with Crippen LogP contribution in [0.5, 0.6) is 0 Å². The standard InChI is InChI=1S/C16H14Br2O/c1-11-7-9-13(10-8-11)16(19)15(18)14(17)12-5-3-2-4-6-12/h2-10,14-15H,1H3/t14-,15+/m1/s1. The SMILES string of the molecule is Cc1ccc(C(=O)[C@@H](Br)[C@H](Br)c2ccccc2)cc1. The van der Waals surface area contributed by atoms with Crippen molar-refractivity contribution < 1.29 is 4.79 Å². The largest absolute Gasteiger partial charge is 0.293 e. The summed E-state index contributed by atoms with van der Waals surface area (Å²) >= 11 is 7.10. The van der Waals surface area contributed by atoms with Crippen LogP contribution in [-0.4, -0.2) is 10.6 Å². The molecule has 3 heteroatoms. The predicted molar refractivity (Wildman–Crippen MR) is 86.3 cm³/mol. The molecule has 2 aromatic carbocycles. The number of alkyl halides is 2. The molecule has 0 radical (unpaired) electrons. The number of carbonyl (C=O) groups is 1. The zero-order valence-electron chi connectivity index (χ0n) is 10.5. The number of ketones is 1. The number of halogens is 2. The molecular weight excluding hydrogens is 368 g/mol. The van der Waals surface area contributed by atoms with Crippen molar-refractivity contribution in [3.8, 4) is 0 Å². The number of carbonyl (C=O) groups excluding carboxylic acids is 1. The minimum Gasteiger partial charge on any atom is -0.293 e. The van der Waals surface area contributed by atoms with E-state index in [9.17, 15) is 4.79 Å². The average Bonchev–Trinajstić information content (AvgIpc) is 2.46. The van der Waals surface area contributed by atoms with E-state index in [0.29, 0.717) is 0 Å². The summed E-state index contributed by atoms with van der Waals surface area (Å²) in [6.07, 6.45) is 0. The molecule has 0 aromatic heterocycles. The van der Waals surface area contributed by atoms with Crippen molar-refractivity contribution in [2.24, 2.45) is 0 Å². The molecule has 0 unspecified atom stereocenters. The first-order valence-corrected chi connectivity index (χ1v) is 7.86. The highest BCUT2D eigenvalue weighted by atomic mass is 79.9. The molecule has 0 aliphatic carbocycles. The van der Waals surface area contributed by atoms with E-state index in [-0.39, 0.29) is 15.4 Å². The summed E-state index contributed by atoms with van der Waals surface area (Å²) in [5, 5.41) is 0. The summed E-state index contributed by atoms with van der Waals surface area (Å²) in [6.45, 7) is 2.01. The van der Waals surface area contributed by atoms with Gasteiger partial charge in [-0.25, -0.2) is 0 Å². The Hall–Kier alpha value is -0.930. The van der Waals surface area contributed by atoms with Crippen LogP contribution in [0.3, 0.4) is 0 Å². The summed E-state index contributed by atoms with van der Waals surface area (Å²) in [4.78, 5) is 12.1. The van der Waals surface area contributed by atoms with E-state index in [1.807, 2.05) is 61.5 Å². The molecule has 2 aromatic rings. The molecule has 0 heterocycles. The fourth-order valence-corrected chi connectivity index (χ4v) is 2.93. The predicted octanol–water partition coefficient (Wildman–Crippen LogP) is 5.08. The second-order valence-electron chi connectivity index (χ2n) is 4.44. The molecule has 19 heavy (non-hydrogen) atoms. The Morgan fingerprint density at radius 1 is 0.947 bits per heavy atom. The van der Waals surface area contributed by atoms with Crippen LogP contribution in [0.2, 0.25) is 0 Å². The van der Waals surface area contributed by atoms with Gasteiger partial charge in [-0.1, -0.05) is 92.0 Å². The molecule has 0 saturated heterocycles. The number of aryl methyl sites for hydroxylation is 1. The topological polar surface area (TPSA) is 17.1 Å². The van der Waals surface area contributed by atoms with Crippen LogP contribution in [0.15, 0.2) is 54.6 Å². The highest BCUT2D eigenvalue weighted by Crippen LogP contribution is 2.33. The van der Waals surface area contributed by atoms with Gasteiger partial charge in [-0.3, -0.25) is 4.79 Å². The Morgan fingerprint density at radius 3 is 2.11 bits per heavy atom. The molecule has 0 saturated carbocycles. The van der Waals surface area contributed by atoms with Gasteiger partial charge in [-0.15, -0.1) is 0 Å². The lowest BCUT2D eigenvalue weighted by molar-refractivity contribution is 0.0991. The van der Waals surface area contributed by atoms with E-state index < -0.39 is 0 Å². The Balaban J connectivity index is 2.17. The van der Waals surface area contributed by atoms with Gasteiger partial charge in [-0.2, -0.15) is 0 Å². The number of hydrogen-bond donors (Lipinski definition) is 0. The van der Waals surface area contributed by atoms with E-state index in [1.165, 1.54) is 0 Å². The first-order valence-electron chi connectivity index (χ1n) is 6.03. The minimum atomic E-state index is -0.280. The molecule has 0 spiro atoms. The lowest BCUT2D eigenvalue weighted by Crippen LogP contribution is -2.19. The third-order valence-corrected chi connectivity index (χ3v) is 5.67. The van der Waals surface area contributed by atoms with Gasteiger partial charge in [0, 0.05) is 5.56 Å². The van der Waals surface area contributed by atoms with Crippen LogP contribution in [0.1, 0.15) is 26.3 Å². The van der Waals surface area contributed by atoms with Crippen LogP contribution in [0.4, 0.5) is 0 Å². The summed E-state index contributed by atoms with van der Waals surface area (Å²) < 4.78 is 0. The van der Waals surface area contributed by atoms with Crippen LogP contribution in [0, 0.1) is 6.92 Å². The minimum absolute atomic E-state index is 0.0393. The maximum Gasteiger partial charge on any atom is 0.177 e. The third-order valence-electron chi connectivity index (χ3n) is 2.96. The molecular formula is C16H14Br2O. The van der Waals surface area contributed by atoms with Gasteiger partial charge in [0.2, 0.25) is 0 Å². The molecule has 0 fully saturated rings. The van der Waals surface area contributed by atoms with E-state index in [1.54, 1.807) is 0 Å². The normalized spacial score (nSPS) is 13.8. The maximum atomic E-state index is 12.4. The lowest BCUT2D eigenvalue weighted by atomic mass is 10.0. The van der Waals surface area contributed by atoms with Gasteiger partial charge >= 0.3 is 0 Å². The Kier molecular flexibility index (Phi) is 4.94. The van der Waals surface area contributed by atoms with Gasteiger partial charge in [0.05, 0.1) is 9.65 Å². The summed E-state index contributed by atoms with van der Waals surface area (Å²) in [5.41, 5.74) is 2.97. The van der Waals surface area contributed by atoms with E-state index in [4.69, 9.17) is 0 Å². The zero-order valence-corrected chi connectivity index (χ0v) is 13.7. The summed E-state index contributed by atoms with van der Waals surface area (Å²) in [5.74, 6) is 0.0886. The molecule has 1 nitrogen and oxygen atoms in total. The summed E-state index contributed by atoms with van der Waals surface area (Å²) in [6, 6.07) is 17.6. The Morgan fingerprint density at radius 2 is 1.53 bits per heavy atom. The van der Waals surface area contributed by atoms with Gasteiger partial charge in [0.25, 0.3) is 0 Å². The fraction of sp³-hybridized carbons (Fsp3) is 0.188. The third kappa shape index (κ3) is 3.54. The van der Waals surface area contributed by atoms with Gasteiger partial charge in [0.15, 0.2) is 5.78 Å². The van der Waals surface area contributed by atoms with Crippen molar-refractivity contribution in [1.29, 1.82) is 0 Å². The van der Waals surface area contributed by atoms with Crippen LogP contribution >= 0.6 is 31.9 Å². The van der Waals surface area contributed by atoms with Gasteiger partial charge in [0.1, 0.15) is 0 Å². The fourth-order valence-electron chi connectivity index (χ4n) is 1.82. The van der Waals surface area contributed by atoms with Gasteiger partial charge in [-0.05, 0) is 12.5 Å². The monoisotopic (exact) mass is 380 g/mol. The van der Waals surface area contributed by atoms with E-state index >= 15 is 0 Å². The lowest BCUT2D eigenvalue weighted by Gasteiger charge is -2.16. The van der Waals surface area contributed by atoms with Crippen LogP contribution in [-0.2, 0) is 0 Å². The van der Waals surface area contributed by atoms with Crippen molar-refractivity contribution in [1.82, 2.24) is 0 Å². The molecule has 0 bridgehead atoms. The molecule has 98 valence electrons. The van der Waals surface area contributed by atoms with E-state index in [0.717, 1.165) is 16.7 Å². The van der Waals surface area contributed by atoms with E-state index in [2.05, 4.69) is 31.9 Å². The second kappa shape index (κ2) is 6.49. The Bertz CT molecular complexity index is 549. The molecule has 0 N–H and O–H groups in total. The zero-order chi connectivity index (χ0) is 13.8. The van der Waals surface area contributed by atoms with Crippen LogP contribution < -0.4 is 0 Å². The maximum absolute atomic E-state index is 12.4. The first-order chi connectivity index (χ1) is 9.09.